The Morgan fingerprint density at radius 1 is 1.38 bits per heavy atom. The molecule has 0 saturated heterocycles. The standard InChI is InChI=1S/C2H4B2Br2Cl2/c1-2(3(5)6)4(7)8/h2H,1H3. The van der Waals surface area contributed by atoms with E-state index < -0.39 is 0 Å². The minimum absolute atomic E-state index is 0.204. The number of hydrogen-bond donors (Lipinski definition) is 0. The van der Waals surface area contributed by atoms with E-state index in [-0.39, 0.29) is 15.6 Å². The van der Waals surface area contributed by atoms with Gasteiger partial charge in [0, 0.05) is 0 Å². The molecule has 1 atom stereocenters. The van der Waals surface area contributed by atoms with Crippen molar-refractivity contribution < 1.29 is 0 Å². The summed E-state index contributed by atoms with van der Waals surface area (Å²) in [5, 5.41) is 0. The lowest BCUT2D eigenvalue weighted by Crippen LogP contribution is -2.12. The molecule has 0 rings (SSSR count). The molecule has 0 amide bonds. The molecular weight excluding hydrogens is 276 g/mol. The van der Waals surface area contributed by atoms with Gasteiger partial charge in [0.2, 0.25) is 0 Å². The molecule has 6 heteroatoms. The first-order valence-corrected chi connectivity index (χ1v) is 4.82. The van der Waals surface area contributed by atoms with Crippen molar-refractivity contribution >= 4 is 64.3 Å². The van der Waals surface area contributed by atoms with Crippen LogP contribution in [0.3, 0.4) is 0 Å². The van der Waals surface area contributed by atoms with Gasteiger partial charge in [0.15, 0.2) is 0 Å². The maximum absolute atomic E-state index is 5.53. The van der Waals surface area contributed by atoms with E-state index in [0.717, 1.165) is 0 Å². The zero-order valence-electron chi connectivity index (χ0n) is 4.24. The van der Waals surface area contributed by atoms with Crippen molar-refractivity contribution in [3.05, 3.63) is 0 Å². The highest BCUT2D eigenvalue weighted by atomic mass is 79.9. The van der Waals surface area contributed by atoms with Crippen molar-refractivity contribution in [2.24, 2.45) is 0 Å². The van der Waals surface area contributed by atoms with E-state index >= 15 is 0 Å². The van der Waals surface area contributed by atoms with Gasteiger partial charge in [0.25, 0.3) is 4.36 Å². The van der Waals surface area contributed by atoms with E-state index in [9.17, 15) is 0 Å². The van der Waals surface area contributed by atoms with Crippen molar-refractivity contribution in [3.8, 4) is 0 Å². The van der Waals surface area contributed by atoms with Gasteiger partial charge in [-0.15, -0.1) is 31.5 Å². The summed E-state index contributed by atoms with van der Waals surface area (Å²) in [4.78, 5) is 0. The second kappa shape index (κ2) is 4.48. The quantitative estimate of drug-likeness (QED) is 0.682. The average molecular weight is 280 g/mol. The van der Waals surface area contributed by atoms with Crippen LogP contribution >= 0.6 is 54.4 Å². The molecule has 0 bridgehead atoms. The summed E-state index contributed by atoms with van der Waals surface area (Å²) < 4.78 is 0.204. The fourth-order valence-electron chi connectivity index (χ4n) is 0.110. The van der Waals surface area contributed by atoms with Gasteiger partial charge >= 0.3 is 5.54 Å². The monoisotopic (exact) mass is 278 g/mol. The van der Waals surface area contributed by atoms with Crippen LogP contribution in [0, 0.1) is 0 Å². The third-order valence-electron chi connectivity index (χ3n) is 0.795. The predicted molar refractivity (Wildman–Crippen MR) is 50.5 cm³/mol. The zero-order valence-corrected chi connectivity index (χ0v) is 8.93. The molecule has 0 saturated carbocycles. The molecule has 0 radical (unpaired) electrons. The minimum atomic E-state index is -0.307. The molecule has 0 aliphatic rings. The van der Waals surface area contributed by atoms with Crippen molar-refractivity contribution in [3.63, 3.8) is 0 Å². The van der Waals surface area contributed by atoms with Crippen LogP contribution in [-0.4, -0.2) is 9.90 Å². The summed E-state index contributed by atoms with van der Waals surface area (Å²) in [5.74, 6) is 0. The number of halogens is 4. The normalized spacial score (nSPS) is 13.1. The lowest BCUT2D eigenvalue weighted by molar-refractivity contribution is 1.34. The van der Waals surface area contributed by atoms with Gasteiger partial charge < -0.3 is 0 Å². The van der Waals surface area contributed by atoms with E-state index in [1.165, 1.54) is 0 Å². The lowest BCUT2D eigenvalue weighted by atomic mass is 9.70. The van der Waals surface area contributed by atoms with Crippen LogP contribution < -0.4 is 0 Å². The Hall–Kier alpha value is 1.67. The summed E-state index contributed by atoms with van der Waals surface area (Å²) in [5.41, 5.74) is -0.0721. The van der Waals surface area contributed by atoms with Gasteiger partial charge in [-0.2, -0.15) is 22.9 Å². The molecule has 8 heavy (non-hydrogen) atoms. The van der Waals surface area contributed by atoms with E-state index in [1.54, 1.807) is 0 Å². The predicted octanol–water partition coefficient (Wildman–Crippen LogP) is 3.16. The molecule has 0 spiro atoms. The Balaban J connectivity index is 3.46. The molecular formula is C2H4B2Br2Cl2. The van der Waals surface area contributed by atoms with Crippen LogP contribution in [0.1, 0.15) is 6.92 Å². The van der Waals surface area contributed by atoms with E-state index in [2.05, 4.69) is 31.5 Å². The highest BCUT2D eigenvalue weighted by Crippen LogP contribution is 2.26. The Morgan fingerprint density at radius 3 is 1.75 bits per heavy atom. The average Bonchev–Trinajstić information content (AvgIpc) is 1.64. The molecule has 0 aliphatic carbocycles. The maximum Gasteiger partial charge on any atom is 0.349 e. The first kappa shape index (κ1) is 9.67. The topological polar surface area (TPSA) is 0 Å². The Morgan fingerprint density at radius 2 is 1.75 bits per heavy atom. The van der Waals surface area contributed by atoms with E-state index in [1.807, 2.05) is 6.92 Å². The SMILES string of the molecule is CC(B(Cl)Cl)B(Br)Br. The summed E-state index contributed by atoms with van der Waals surface area (Å²) in [6, 6.07) is 0. The molecule has 0 aromatic rings. The van der Waals surface area contributed by atoms with Gasteiger partial charge in [0.05, 0.1) is 0 Å². The van der Waals surface area contributed by atoms with Crippen molar-refractivity contribution in [2.45, 2.75) is 12.6 Å². The number of rotatable bonds is 2. The fourth-order valence-corrected chi connectivity index (χ4v) is 1.71. The zero-order chi connectivity index (χ0) is 6.73. The third kappa shape index (κ3) is 3.65. The second-order valence-corrected chi connectivity index (χ2v) is 5.89. The Bertz CT molecular complexity index is 61.1. The maximum atomic E-state index is 5.53. The van der Waals surface area contributed by atoms with Crippen molar-refractivity contribution in [1.82, 2.24) is 0 Å². The fraction of sp³-hybridized carbons (Fsp3) is 1.00. The molecule has 0 aromatic heterocycles. The first-order chi connectivity index (χ1) is 3.55. The minimum Gasteiger partial charge on any atom is -0.172 e. The molecule has 1 unspecified atom stereocenters. The molecule has 46 valence electrons. The molecule has 0 aliphatic heterocycles. The van der Waals surface area contributed by atoms with Crippen LogP contribution in [0.25, 0.3) is 0 Å². The molecule has 0 aromatic carbocycles. The van der Waals surface area contributed by atoms with Crippen LogP contribution in [0.4, 0.5) is 0 Å². The van der Waals surface area contributed by atoms with Gasteiger partial charge in [-0.25, -0.2) is 0 Å². The van der Waals surface area contributed by atoms with Crippen LogP contribution in [0.5, 0.6) is 0 Å². The highest BCUT2D eigenvalue weighted by Gasteiger charge is 2.25. The summed E-state index contributed by atoms with van der Waals surface area (Å²) in [7, 11) is 0. The van der Waals surface area contributed by atoms with Crippen LogP contribution in [0.15, 0.2) is 0 Å². The van der Waals surface area contributed by atoms with Crippen molar-refractivity contribution in [1.29, 1.82) is 0 Å². The van der Waals surface area contributed by atoms with Gasteiger partial charge in [-0.05, 0) is 5.72 Å². The first-order valence-electron chi connectivity index (χ1n) is 2.12. The summed E-state index contributed by atoms with van der Waals surface area (Å²) in [6.45, 7) is 1.96. The summed E-state index contributed by atoms with van der Waals surface area (Å²) >= 11 is 17.6. The molecule has 0 fully saturated rings. The molecule has 0 nitrogen and oxygen atoms in total. The van der Waals surface area contributed by atoms with Gasteiger partial charge in [-0.3, -0.25) is 0 Å². The molecule has 0 N–H and O–H groups in total. The van der Waals surface area contributed by atoms with Crippen molar-refractivity contribution in [2.75, 3.05) is 0 Å². The van der Waals surface area contributed by atoms with Gasteiger partial charge in [0.1, 0.15) is 0 Å². The van der Waals surface area contributed by atoms with Gasteiger partial charge in [-0.1, -0.05) is 6.92 Å². The second-order valence-electron chi connectivity index (χ2n) is 1.53. The number of hydrogen-bond acceptors (Lipinski definition) is 0. The van der Waals surface area contributed by atoms with Crippen LogP contribution in [0.2, 0.25) is 5.72 Å². The summed E-state index contributed by atoms with van der Waals surface area (Å²) in [6.07, 6.45) is 0. The molecule has 0 heterocycles. The Labute approximate surface area is 76.6 Å². The highest BCUT2D eigenvalue weighted by molar-refractivity contribution is 9.49. The largest absolute Gasteiger partial charge is 0.349 e. The smallest absolute Gasteiger partial charge is 0.172 e. The third-order valence-corrected chi connectivity index (χ3v) is 3.26. The van der Waals surface area contributed by atoms with E-state index in [0.29, 0.717) is 0 Å². The van der Waals surface area contributed by atoms with E-state index in [4.69, 9.17) is 22.9 Å². The van der Waals surface area contributed by atoms with Crippen LogP contribution in [-0.2, 0) is 0 Å². The Kier molecular flexibility index (Phi) is 5.42. The lowest BCUT2D eigenvalue weighted by Gasteiger charge is -2.05.